The van der Waals surface area contributed by atoms with Crippen LogP contribution in [0.25, 0.3) is 0 Å². The van der Waals surface area contributed by atoms with Crippen molar-refractivity contribution in [2.75, 3.05) is 0 Å². The van der Waals surface area contributed by atoms with Gasteiger partial charge in [0.05, 0.1) is 12.2 Å². The summed E-state index contributed by atoms with van der Waals surface area (Å²) in [5.74, 6) is 2.43. The van der Waals surface area contributed by atoms with Crippen molar-refractivity contribution in [2.45, 2.75) is 91.3 Å². The Labute approximate surface area is 131 Å². The Kier molecular flexibility index (Phi) is 5.76. The molecule has 0 aromatic carbocycles. The summed E-state index contributed by atoms with van der Waals surface area (Å²) in [4.78, 5) is 0. The van der Waals surface area contributed by atoms with Crippen molar-refractivity contribution in [2.24, 2.45) is 29.1 Å². The first-order valence-corrected chi connectivity index (χ1v) is 9.30. The second-order valence-corrected chi connectivity index (χ2v) is 8.05. The molecule has 0 heterocycles. The molecule has 0 aliphatic heterocycles. The molecule has 0 aromatic heterocycles. The lowest BCUT2D eigenvalue weighted by molar-refractivity contribution is -0.0559. The van der Waals surface area contributed by atoms with E-state index in [1.807, 2.05) is 0 Å². The fourth-order valence-corrected chi connectivity index (χ4v) is 5.54. The normalized spacial score (nSPS) is 42.0. The second-order valence-electron chi connectivity index (χ2n) is 8.05. The largest absolute Gasteiger partial charge is 0.393 e. The summed E-state index contributed by atoms with van der Waals surface area (Å²) >= 11 is 0. The fraction of sp³-hybridized carbons (Fsp3) is 1.00. The lowest BCUT2D eigenvalue weighted by Crippen LogP contribution is -2.45. The van der Waals surface area contributed by atoms with E-state index in [0.29, 0.717) is 17.3 Å². The number of hydrogen-bond acceptors (Lipinski definition) is 2. The molecular formula is C19H36O2. The highest BCUT2D eigenvalue weighted by atomic mass is 16.3. The van der Waals surface area contributed by atoms with Gasteiger partial charge in [-0.15, -0.1) is 0 Å². The maximum absolute atomic E-state index is 10.1. The monoisotopic (exact) mass is 296 g/mol. The van der Waals surface area contributed by atoms with Gasteiger partial charge in [0.2, 0.25) is 0 Å². The van der Waals surface area contributed by atoms with Crippen molar-refractivity contribution in [3.8, 4) is 0 Å². The predicted molar refractivity (Wildman–Crippen MR) is 88.0 cm³/mol. The maximum Gasteiger partial charge on any atom is 0.0566 e. The molecule has 0 amide bonds. The topological polar surface area (TPSA) is 40.5 Å². The molecule has 0 radical (unpaired) electrons. The average molecular weight is 296 g/mol. The number of aliphatic hydroxyl groups is 2. The summed E-state index contributed by atoms with van der Waals surface area (Å²) in [6, 6.07) is 0. The summed E-state index contributed by atoms with van der Waals surface area (Å²) in [5.41, 5.74) is 0.433. The number of rotatable bonds is 4. The zero-order chi connectivity index (χ0) is 15.6. The van der Waals surface area contributed by atoms with E-state index in [1.165, 1.54) is 38.5 Å². The van der Waals surface area contributed by atoms with Gasteiger partial charge >= 0.3 is 0 Å². The predicted octanol–water partition coefficient (Wildman–Crippen LogP) is 4.39. The minimum atomic E-state index is -0.0836. The smallest absolute Gasteiger partial charge is 0.0566 e. The van der Waals surface area contributed by atoms with Crippen molar-refractivity contribution in [1.82, 2.24) is 0 Å². The molecule has 0 aromatic rings. The maximum atomic E-state index is 10.1. The molecule has 2 saturated carbocycles. The van der Waals surface area contributed by atoms with Crippen molar-refractivity contribution in [3.63, 3.8) is 0 Å². The Morgan fingerprint density at radius 3 is 1.43 bits per heavy atom. The van der Waals surface area contributed by atoms with Crippen molar-refractivity contribution < 1.29 is 10.2 Å². The highest BCUT2D eigenvalue weighted by Crippen LogP contribution is 2.54. The SMILES string of the molecule is CCC(CC)(C1CCC(O)C(C)C1)C1CCC(O)C(C)C1. The van der Waals surface area contributed by atoms with Crippen LogP contribution in [0.3, 0.4) is 0 Å². The van der Waals surface area contributed by atoms with Gasteiger partial charge in [0.1, 0.15) is 0 Å². The number of hydrogen-bond donors (Lipinski definition) is 2. The molecule has 2 fully saturated rings. The zero-order valence-electron chi connectivity index (χ0n) is 14.5. The summed E-state index contributed by atoms with van der Waals surface area (Å²) in [5, 5.41) is 20.1. The third-order valence-electron chi connectivity index (χ3n) is 7.19. The number of aliphatic hydroxyl groups excluding tert-OH is 2. The van der Waals surface area contributed by atoms with Gasteiger partial charge in [-0.05, 0) is 80.5 Å². The first-order valence-electron chi connectivity index (χ1n) is 9.30. The van der Waals surface area contributed by atoms with Crippen LogP contribution in [0.15, 0.2) is 0 Å². The summed E-state index contributed by atoms with van der Waals surface area (Å²) in [6.45, 7) is 9.18. The van der Waals surface area contributed by atoms with Crippen LogP contribution in [0.1, 0.15) is 79.1 Å². The summed E-state index contributed by atoms with van der Waals surface area (Å²) in [7, 11) is 0. The van der Waals surface area contributed by atoms with Gasteiger partial charge in [-0.3, -0.25) is 0 Å². The highest BCUT2D eigenvalue weighted by molar-refractivity contribution is 4.96. The highest BCUT2D eigenvalue weighted by Gasteiger charge is 2.46. The molecular weight excluding hydrogens is 260 g/mol. The average Bonchev–Trinajstić information content (AvgIpc) is 2.48. The standard InChI is InChI=1S/C19H36O2/c1-5-19(6-2,15-7-9-17(20)13(3)11-15)16-8-10-18(21)14(4)12-16/h13-18,20-21H,5-12H2,1-4H3. The molecule has 6 unspecified atom stereocenters. The molecule has 2 rings (SSSR count). The molecule has 2 heteroatoms. The van der Waals surface area contributed by atoms with Crippen LogP contribution in [0.5, 0.6) is 0 Å². The molecule has 0 bridgehead atoms. The van der Waals surface area contributed by atoms with E-state index < -0.39 is 0 Å². The van der Waals surface area contributed by atoms with E-state index in [-0.39, 0.29) is 12.2 Å². The lowest BCUT2D eigenvalue weighted by atomic mass is 9.54. The van der Waals surface area contributed by atoms with Crippen LogP contribution in [0.4, 0.5) is 0 Å². The van der Waals surface area contributed by atoms with Gasteiger partial charge in [0.15, 0.2) is 0 Å². The van der Waals surface area contributed by atoms with E-state index in [0.717, 1.165) is 24.7 Å². The van der Waals surface area contributed by atoms with E-state index >= 15 is 0 Å². The Morgan fingerprint density at radius 1 is 0.762 bits per heavy atom. The molecule has 2 N–H and O–H groups in total. The van der Waals surface area contributed by atoms with Gasteiger partial charge in [-0.2, -0.15) is 0 Å². The minimum absolute atomic E-state index is 0.0836. The molecule has 124 valence electrons. The Hall–Kier alpha value is -0.0800. The first-order chi connectivity index (χ1) is 9.94. The van der Waals surface area contributed by atoms with Crippen molar-refractivity contribution in [1.29, 1.82) is 0 Å². The van der Waals surface area contributed by atoms with Gasteiger partial charge in [0, 0.05) is 0 Å². The molecule has 0 saturated heterocycles. The lowest BCUT2D eigenvalue weighted by Gasteiger charge is -2.52. The van der Waals surface area contributed by atoms with Crippen LogP contribution in [-0.2, 0) is 0 Å². The zero-order valence-corrected chi connectivity index (χ0v) is 14.5. The van der Waals surface area contributed by atoms with Crippen molar-refractivity contribution in [3.05, 3.63) is 0 Å². The summed E-state index contributed by atoms with van der Waals surface area (Å²) in [6.07, 6.45) is 9.08. The van der Waals surface area contributed by atoms with Crippen molar-refractivity contribution >= 4 is 0 Å². The Bertz CT molecular complexity index is 296. The second kappa shape index (κ2) is 7.00. The quantitative estimate of drug-likeness (QED) is 0.808. The molecule has 6 atom stereocenters. The van der Waals surface area contributed by atoms with E-state index in [4.69, 9.17) is 0 Å². The van der Waals surface area contributed by atoms with E-state index in [1.54, 1.807) is 0 Å². The fourth-order valence-electron chi connectivity index (χ4n) is 5.54. The van der Waals surface area contributed by atoms with Crippen LogP contribution in [0, 0.1) is 29.1 Å². The van der Waals surface area contributed by atoms with Gasteiger partial charge in [-0.25, -0.2) is 0 Å². The van der Waals surface area contributed by atoms with Crippen LogP contribution >= 0.6 is 0 Å². The molecule has 0 spiro atoms. The van der Waals surface area contributed by atoms with Crippen LogP contribution < -0.4 is 0 Å². The molecule has 2 aliphatic carbocycles. The third-order valence-corrected chi connectivity index (χ3v) is 7.19. The Morgan fingerprint density at radius 2 is 1.14 bits per heavy atom. The Balaban J connectivity index is 2.16. The van der Waals surface area contributed by atoms with E-state index in [2.05, 4.69) is 27.7 Å². The van der Waals surface area contributed by atoms with Gasteiger partial charge < -0.3 is 10.2 Å². The molecule has 2 aliphatic rings. The molecule has 21 heavy (non-hydrogen) atoms. The van der Waals surface area contributed by atoms with Crippen LogP contribution in [-0.4, -0.2) is 22.4 Å². The van der Waals surface area contributed by atoms with E-state index in [9.17, 15) is 10.2 Å². The first kappa shape index (κ1) is 17.3. The van der Waals surface area contributed by atoms with Crippen LogP contribution in [0.2, 0.25) is 0 Å². The summed E-state index contributed by atoms with van der Waals surface area (Å²) < 4.78 is 0. The minimum Gasteiger partial charge on any atom is -0.393 e. The van der Waals surface area contributed by atoms with Gasteiger partial charge in [0.25, 0.3) is 0 Å². The molecule has 2 nitrogen and oxygen atoms in total. The van der Waals surface area contributed by atoms with Gasteiger partial charge in [-0.1, -0.05) is 27.7 Å². The third kappa shape index (κ3) is 3.32.